The number of H-pyrrole nitrogens is 1. The van der Waals surface area contributed by atoms with E-state index in [0.29, 0.717) is 6.54 Å². The Labute approximate surface area is 113 Å². The first-order chi connectivity index (χ1) is 9.06. The number of amides is 1. The number of aryl methyl sites for hydroxylation is 1. The number of aromatic amines is 1. The molecular formula is C12H14N4O2S. The summed E-state index contributed by atoms with van der Waals surface area (Å²) in [5.74, 6) is -0.165. The molecule has 7 heteroatoms. The maximum Gasteiger partial charge on any atom is 0.271 e. The van der Waals surface area contributed by atoms with Crippen molar-refractivity contribution in [2.45, 2.75) is 19.8 Å². The van der Waals surface area contributed by atoms with Crippen molar-refractivity contribution in [1.29, 1.82) is 0 Å². The fraction of sp³-hybridized carbons (Fsp3) is 0.333. The van der Waals surface area contributed by atoms with E-state index in [4.69, 9.17) is 0 Å². The SMILES string of the molecule is Cc1csc(C(C)CNC(=O)c2c[nH]c(=O)cn2)n1. The summed E-state index contributed by atoms with van der Waals surface area (Å²) < 4.78 is 0. The van der Waals surface area contributed by atoms with Gasteiger partial charge in [-0.15, -0.1) is 11.3 Å². The largest absolute Gasteiger partial charge is 0.350 e. The lowest BCUT2D eigenvalue weighted by Crippen LogP contribution is -2.29. The van der Waals surface area contributed by atoms with Crippen molar-refractivity contribution in [3.8, 4) is 0 Å². The third-order valence-electron chi connectivity index (χ3n) is 2.53. The molecule has 0 radical (unpaired) electrons. The second kappa shape index (κ2) is 5.75. The molecule has 0 fully saturated rings. The summed E-state index contributed by atoms with van der Waals surface area (Å²) in [7, 11) is 0. The van der Waals surface area contributed by atoms with Gasteiger partial charge in [0.05, 0.1) is 11.2 Å². The van der Waals surface area contributed by atoms with Gasteiger partial charge < -0.3 is 10.3 Å². The van der Waals surface area contributed by atoms with Gasteiger partial charge in [-0.2, -0.15) is 0 Å². The molecule has 2 rings (SSSR count). The van der Waals surface area contributed by atoms with Gasteiger partial charge in [-0.25, -0.2) is 9.97 Å². The summed E-state index contributed by atoms with van der Waals surface area (Å²) in [4.78, 5) is 33.2. The molecule has 0 saturated heterocycles. The Kier molecular flexibility index (Phi) is 4.06. The highest BCUT2D eigenvalue weighted by molar-refractivity contribution is 7.09. The molecule has 0 bridgehead atoms. The Morgan fingerprint density at radius 1 is 1.58 bits per heavy atom. The average molecular weight is 278 g/mol. The fourth-order valence-electron chi connectivity index (χ4n) is 1.49. The molecule has 2 N–H and O–H groups in total. The first-order valence-electron chi connectivity index (χ1n) is 5.81. The molecule has 2 heterocycles. The summed E-state index contributed by atoms with van der Waals surface area (Å²) in [6.07, 6.45) is 2.39. The van der Waals surface area contributed by atoms with Crippen LogP contribution in [0.2, 0.25) is 0 Å². The van der Waals surface area contributed by atoms with Crippen LogP contribution in [-0.2, 0) is 0 Å². The number of nitrogens with one attached hydrogen (secondary N) is 2. The number of aromatic nitrogens is 3. The van der Waals surface area contributed by atoms with Gasteiger partial charge >= 0.3 is 0 Å². The number of thiazole rings is 1. The Morgan fingerprint density at radius 3 is 2.95 bits per heavy atom. The summed E-state index contributed by atoms with van der Waals surface area (Å²) >= 11 is 1.58. The lowest BCUT2D eigenvalue weighted by molar-refractivity contribution is 0.0946. The molecule has 0 aromatic carbocycles. The second-order valence-corrected chi connectivity index (χ2v) is 5.12. The van der Waals surface area contributed by atoms with Crippen LogP contribution in [0.4, 0.5) is 0 Å². The lowest BCUT2D eigenvalue weighted by Gasteiger charge is -2.09. The smallest absolute Gasteiger partial charge is 0.271 e. The van der Waals surface area contributed by atoms with Gasteiger partial charge in [0.1, 0.15) is 5.69 Å². The third-order valence-corrected chi connectivity index (χ3v) is 3.73. The van der Waals surface area contributed by atoms with Crippen LogP contribution in [0.5, 0.6) is 0 Å². The van der Waals surface area contributed by atoms with Crippen LogP contribution in [0.25, 0.3) is 0 Å². The fourth-order valence-corrected chi connectivity index (χ4v) is 2.34. The van der Waals surface area contributed by atoms with Crippen LogP contribution in [0.15, 0.2) is 22.6 Å². The van der Waals surface area contributed by atoms with Crippen molar-refractivity contribution in [3.05, 3.63) is 44.5 Å². The predicted octanol–water partition coefficient (Wildman–Crippen LogP) is 1.07. The number of hydrogen-bond donors (Lipinski definition) is 2. The van der Waals surface area contributed by atoms with E-state index in [1.165, 1.54) is 6.20 Å². The van der Waals surface area contributed by atoms with Crippen molar-refractivity contribution < 1.29 is 4.79 Å². The van der Waals surface area contributed by atoms with Crippen LogP contribution in [0.3, 0.4) is 0 Å². The molecule has 1 unspecified atom stereocenters. The molecule has 0 spiro atoms. The summed E-state index contributed by atoms with van der Waals surface area (Å²) in [6, 6.07) is 0. The molecule has 2 aromatic rings. The number of carbonyl (C=O) groups is 1. The molecule has 2 aromatic heterocycles. The zero-order chi connectivity index (χ0) is 13.8. The maximum absolute atomic E-state index is 11.8. The molecule has 19 heavy (non-hydrogen) atoms. The first-order valence-corrected chi connectivity index (χ1v) is 6.69. The zero-order valence-electron chi connectivity index (χ0n) is 10.6. The minimum atomic E-state index is -0.330. The van der Waals surface area contributed by atoms with Gasteiger partial charge in [0.25, 0.3) is 11.5 Å². The van der Waals surface area contributed by atoms with Gasteiger partial charge in [0.2, 0.25) is 0 Å². The zero-order valence-corrected chi connectivity index (χ0v) is 11.5. The van der Waals surface area contributed by atoms with Crippen LogP contribution in [-0.4, -0.2) is 27.4 Å². The molecule has 6 nitrogen and oxygen atoms in total. The van der Waals surface area contributed by atoms with Gasteiger partial charge in [-0.1, -0.05) is 6.92 Å². The van der Waals surface area contributed by atoms with E-state index in [-0.39, 0.29) is 23.1 Å². The van der Waals surface area contributed by atoms with E-state index >= 15 is 0 Å². The lowest BCUT2D eigenvalue weighted by atomic mass is 10.2. The summed E-state index contributed by atoms with van der Waals surface area (Å²) in [5, 5.41) is 5.75. The van der Waals surface area contributed by atoms with Crippen LogP contribution >= 0.6 is 11.3 Å². The normalized spacial score (nSPS) is 12.1. The summed E-state index contributed by atoms with van der Waals surface area (Å²) in [6.45, 7) is 4.42. The second-order valence-electron chi connectivity index (χ2n) is 4.23. The highest BCUT2D eigenvalue weighted by Crippen LogP contribution is 2.18. The van der Waals surface area contributed by atoms with Crippen molar-refractivity contribution in [1.82, 2.24) is 20.3 Å². The van der Waals surface area contributed by atoms with E-state index in [1.54, 1.807) is 11.3 Å². The van der Waals surface area contributed by atoms with E-state index < -0.39 is 0 Å². The highest BCUT2D eigenvalue weighted by Gasteiger charge is 2.12. The van der Waals surface area contributed by atoms with E-state index in [9.17, 15) is 9.59 Å². The monoisotopic (exact) mass is 278 g/mol. The summed E-state index contributed by atoms with van der Waals surface area (Å²) in [5.41, 5.74) is 0.853. The number of hydrogen-bond acceptors (Lipinski definition) is 5. The van der Waals surface area contributed by atoms with E-state index in [0.717, 1.165) is 16.9 Å². The molecule has 0 aliphatic rings. The molecule has 0 aliphatic heterocycles. The molecule has 0 aliphatic carbocycles. The van der Waals surface area contributed by atoms with Crippen molar-refractivity contribution in [2.24, 2.45) is 0 Å². The van der Waals surface area contributed by atoms with Crippen molar-refractivity contribution in [3.63, 3.8) is 0 Å². The van der Waals surface area contributed by atoms with Gasteiger partial charge in [-0.3, -0.25) is 9.59 Å². The topological polar surface area (TPSA) is 87.7 Å². The van der Waals surface area contributed by atoms with Crippen LogP contribution in [0.1, 0.15) is 34.0 Å². The minimum absolute atomic E-state index is 0.144. The van der Waals surface area contributed by atoms with E-state index in [1.807, 2.05) is 19.2 Å². The van der Waals surface area contributed by atoms with Crippen LogP contribution < -0.4 is 10.9 Å². The van der Waals surface area contributed by atoms with Crippen molar-refractivity contribution >= 4 is 17.2 Å². The molecule has 1 amide bonds. The number of carbonyl (C=O) groups excluding carboxylic acids is 1. The quantitative estimate of drug-likeness (QED) is 0.875. The Hall–Kier alpha value is -2.02. The third kappa shape index (κ3) is 3.47. The standard InChI is InChI=1S/C12H14N4O2S/c1-7(12-16-8(2)6-19-12)3-15-11(18)9-4-14-10(17)5-13-9/h4-7H,3H2,1-2H3,(H,14,17)(H,15,18). The maximum atomic E-state index is 11.8. The van der Waals surface area contributed by atoms with Crippen molar-refractivity contribution in [2.75, 3.05) is 6.54 Å². The van der Waals surface area contributed by atoms with E-state index in [2.05, 4.69) is 20.3 Å². The Morgan fingerprint density at radius 2 is 2.37 bits per heavy atom. The van der Waals surface area contributed by atoms with Gasteiger partial charge in [0, 0.05) is 29.7 Å². The molecule has 0 saturated carbocycles. The Bertz CT molecular complexity index is 614. The average Bonchev–Trinajstić information content (AvgIpc) is 2.83. The van der Waals surface area contributed by atoms with Crippen LogP contribution in [0, 0.1) is 6.92 Å². The Balaban J connectivity index is 1.93. The van der Waals surface area contributed by atoms with Gasteiger partial charge in [0.15, 0.2) is 0 Å². The molecule has 100 valence electrons. The molecule has 1 atom stereocenters. The minimum Gasteiger partial charge on any atom is -0.350 e. The first kappa shape index (κ1) is 13.4. The number of rotatable bonds is 4. The number of nitrogens with zero attached hydrogens (tertiary/aromatic N) is 2. The predicted molar refractivity (Wildman–Crippen MR) is 72.5 cm³/mol. The van der Waals surface area contributed by atoms with Gasteiger partial charge in [-0.05, 0) is 6.92 Å². The molecular weight excluding hydrogens is 264 g/mol. The highest BCUT2D eigenvalue weighted by atomic mass is 32.1.